The maximum atomic E-state index is 12.5. The first-order valence-electron chi connectivity index (χ1n) is 7.58. The second-order valence-corrected chi connectivity index (χ2v) is 6.20. The van der Waals surface area contributed by atoms with Gasteiger partial charge < -0.3 is 25.5 Å². The van der Waals surface area contributed by atoms with Gasteiger partial charge in [-0.2, -0.15) is 4.98 Å². The van der Waals surface area contributed by atoms with Crippen molar-refractivity contribution in [1.29, 1.82) is 0 Å². The van der Waals surface area contributed by atoms with Gasteiger partial charge in [-0.3, -0.25) is 4.79 Å². The topological polar surface area (TPSA) is 128 Å². The quantitative estimate of drug-likeness (QED) is 0.415. The molecule has 2 aromatic heterocycles. The van der Waals surface area contributed by atoms with Crippen LogP contribution in [0.3, 0.4) is 0 Å². The molecule has 3 rings (SSSR count). The Balaban J connectivity index is 1.69. The number of aromatic amines is 1. The fourth-order valence-corrected chi connectivity index (χ4v) is 3.01. The molecule has 0 spiro atoms. The van der Waals surface area contributed by atoms with Crippen LogP contribution < -0.4 is 20.5 Å². The predicted molar refractivity (Wildman–Crippen MR) is 95.1 cm³/mol. The summed E-state index contributed by atoms with van der Waals surface area (Å²) < 4.78 is 46.2. The van der Waals surface area contributed by atoms with E-state index >= 15 is 0 Å². The lowest BCUT2D eigenvalue weighted by Crippen LogP contribution is -2.18. The summed E-state index contributed by atoms with van der Waals surface area (Å²) in [5, 5.41) is 2.91. The molecular weight excluding hydrogens is 401 g/mol. The van der Waals surface area contributed by atoms with E-state index in [4.69, 9.17) is 10.5 Å². The average Bonchev–Trinajstić information content (AvgIpc) is 3.07. The van der Waals surface area contributed by atoms with E-state index in [1.54, 1.807) is 0 Å². The number of thioether (sulfide) groups is 1. The molecule has 3 aromatic rings. The van der Waals surface area contributed by atoms with Crippen LogP contribution in [0.25, 0.3) is 11.2 Å². The van der Waals surface area contributed by atoms with Gasteiger partial charge in [0, 0.05) is 11.8 Å². The van der Waals surface area contributed by atoms with Crippen LogP contribution in [0.15, 0.2) is 29.6 Å². The molecule has 148 valence electrons. The number of fused-ring (bicyclic) bond motifs is 1. The lowest BCUT2D eigenvalue weighted by Gasteiger charge is -2.14. The number of halogens is 3. The summed E-state index contributed by atoms with van der Waals surface area (Å²) >= 11 is 1.07. The van der Waals surface area contributed by atoms with Gasteiger partial charge in [0.15, 0.2) is 17.1 Å². The van der Waals surface area contributed by atoms with Gasteiger partial charge in [-0.25, -0.2) is 9.97 Å². The van der Waals surface area contributed by atoms with Crippen molar-refractivity contribution in [3.05, 3.63) is 24.5 Å². The minimum absolute atomic E-state index is 0.00611. The van der Waals surface area contributed by atoms with Crippen molar-refractivity contribution in [1.82, 2.24) is 19.9 Å². The van der Waals surface area contributed by atoms with E-state index in [-0.39, 0.29) is 23.1 Å². The molecule has 0 aliphatic rings. The Morgan fingerprint density at radius 2 is 2.11 bits per heavy atom. The van der Waals surface area contributed by atoms with Crippen LogP contribution in [0.1, 0.15) is 0 Å². The number of alkyl halides is 3. The first-order chi connectivity index (χ1) is 13.2. The Labute approximate surface area is 159 Å². The number of ether oxygens (including phenoxy) is 2. The van der Waals surface area contributed by atoms with Crippen molar-refractivity contribution in [2.75, 3.05) is 23.9 Å². The number of nitrogens with one attached hydrogen (secondary N) is 2. The molecule has 2 heterocycles. The molecule has 1 aromatic carbocycles. The predicted octanol–water partition coefficient (Wildman–Crippen LogP) is 2.57. The number of imidazole rings is 1. The zero-order valence-electron chi connectivity index (χ0n) is 14.2. The van der Waals surface area contributed by atoms with Crippen LogP contribution in [0.4, 0.5) is 24.8 Å². The number of nitrogen functional groups attached to an aromatic ring is 1. The molecular formula is C15H13F3N6O3S. The standard InChI is InChI=1S/C15H13F3N6O3S/c1-26-8-3-2-7(4-9(8)27-15(16,17)18)22-10(25)5-28-13-11-12(21-6-20-11)23-14(19)24-13/h2-4,6H,5H2,1H3,(H,22,25)(H3,19,20,21,23,24). The molecule has 9 nitrogen and oxygen atoms in total. The van der Waals surface area contributed by atoms with Gasteiger partial charge in [0.1, 0.15) is 10.5 Å². The van der Waals surface area contributed by atoms with Crippen molar-refractivity contribution < 1.29 is 27.4 Å². The Kier molecular flexibility index (Phi) is 5.44. The highest BCUT2D eigenvalue weighted by molar-refractivity contribution is 8.00. The zero-order chi connectivity index (χ0) is 20.3. The number of carbonyl (C=O) groups excluding carboxylic acids is 1. The number of methoxy groups -OCH3 is 1. The molecule has 0 radical (unpaired) electrons. The van der Waals surface area contributed by atoms with Gasteiger partial charge in [-0.15, -0.1) is 13.2 Å². The number of benzene rings is 1. The van der Waals surface area contributed by atoms with Crippen LogP contribution in [0.5, 0.6) is 11.5 Å². The van der Waals surface area contributed by atoms with Crippen molar-refractivity contribution in [2.45, 2.75) is 11.4 Å². The normalized spacial score (nSPS) is 11.4. The Hall–Kier alpha value is -3.22. The fraction of sp³-hybridized carbons (Fsp3) is 0.200. The van der Waals surface area contributed by atoms with E-state index in [1.807, 2.05) is 0 Å². The molecule has 13 heteroatoms. The van der Waals surface area contributed by atoms with Crippen LogP contribution in [-0.4, -0.2) is 45.1 Å². The van der Waals surface area contributed by atoms with E-state index in [1.165, 1.54) is 25.6 Å². The lowest BCUT2D eigenvalue weighted by atomic mass is 10.2. The number of hydrogen-bond donors (Lipinski definition) is 3. The summed E-state index contributed by atoms with van der Waals surface area (Å²) in [6.45, 7) is 0. The first kappa shape index (κ1) is 19.5. The molecule has 0 unspecified atom stereocenters. The van der Waals surface area contributed by atoms with Gasteiger partial charge in [-0.05, 0) is 12.1 Å². The van der Waals surface area contributed by atoms with Crippen LogP contribution in [-0.2, 0) is 4.79 Å². The summed E-state index contributed by atoms with van der Waals surface area (Å²) in [5.74, 6) is -1.23. The van der Waals surface area contributed by atoms with Crippen molar-refractivity contribution >= 4 is 40.5 Å². The molecule has 0 fully saturated rings. The number of amides is 1. The van der Waals surface area contributed by atoms with E-state index < -0.39 is 18.0 Å². The van der Waals surface area contributed by atoms with Crippen molar-refractivity contribution in [2.24, 2.45) is 0 Å². The first-order valence-corrected chi connectivity index (χ1v) is 8.57. The third kappa shape index (κ3) is 4.73. The van der Waals surface area contributed by atoms with Crippen LogP contribution in [0.2, 0.25) is 0 Å². The number of carbonyl (C=O) groups is 1. The second-order valence-electron chi connectivity index (χ2n) is 5.24. The molecule has 28 heavy (non-hydrogen) atoms. The summed E-state index contributed by atoms with van der Waals surface area (Å²) in [4.78, 5) is 27.0. The minimum Gasteiger partial charge on any atom is -0.493 e. The monoisotopic (exact) mass is 414 g/mol. The molecule has 0 aliphatic heterocycles. The number of hydrogen-bond acceptors (Lipinski definition) is 8. The Morgan fingerprint density at radius 1 is 1.32 bits per heavy atom. The van der Waals surface area contributed by atoms with Gasteiger partial charge in [0.05, 0.1) is 19.2 Å². The molecule has 1 amide bonds. The number of nitrogens with zero attached hydrogens (tertiary/aromatic N) is 3. The summed E-state index contributed by atoms with van der Waals surface area (Å²) in [6, 6.07) is 3.66. The fourth-order valence-electron chi connectivity index (χ4n) is 2.22. The Morgan fingerprint density at radius 3 is 2.82 bits per heavy atom. The third-order valence-corrected chi connectivity index (χ3v) is 4.26. The maximum absolute atomic E-state index is 12.5. The summed E-state index contributed by atoms with van der Waals surface area (Å²) in [6.07, 6.45) is -3.48. The number of nitrogens with two attached hydrogens (primary N) is 1. The lowest BCUT2D eigenvalue weighted by molar-refractivity contribution is -0.275. The summed E-state index contributed by atoms with van der Waals surface area (Å²) in [7, 11) is 1.21. The Bertz CT molecular complexity index is 1010. The molecule has 0 saturated carbocycles. The molecule has 0 aliphatic carbocycles. The van der Waals surface area contributed by atoms with Crippen LogP contribution >= 0.6 is 11.8 Å². The van der Waals surface area contributed by atoms with Gasteiger partial charge >= 0.3 is 6.36 Å². The smallest absolute Gasteiger partial charge is 0.493 e. The van der Waals surface area contributed by atoms with Crippen molar-refractivity contribution in [3.63, 3.8) is 0 Å². The van der Waals surface area contributed by atoms with Gasteiger partial charge in [0.2, 0.25) is 11.9 Å². The summed E-state index contributed by atoms with van der Waals surface area (Å²) in [5.41, 5.74) is 6.60. The van der Waals surface area contributed by atoms with E-state index in [9.17, 15) is 18.0 Å². The third-order valence-electron chi connectivity index (χ3n) is 3.28. The molecule has 0 bridgehead atoms. The molecule has 0 saturated heterocycles. The van der Waals surface area contributed by atoms with Gasteiger partial charge in [0.25, 0.3) is 0 Å². The largest absolute Gasteiger partial charge is 0.573 e. The highest BCUT2D eigenvalue weighted by Crippen LogP contribution is 2.34. The SMILES string of the molecule is COc1ccc(NC(=O)CSc2nc(N)nc3nc[nH]c23)cc1OC(F)(F)F. The highest BCUT2D eigenvalue weighted by atomic mass is 32.2. The number of rotatable bonds is 6. The maximum Gasteiger partial charge on any atom is 0.573 e. The second kappa shape index (κ2) is 7.80. The van der Waals surface area contributed by atoms with E-state index in [2.05, 4.69) is 30.0 Å². The number of anilines is 2. The van der Waals surface area contributed by atoms with E-state index in [0.717, 1.165) is 17.8 Å². The number of H-pyrrole nitrogens is 1. The molecule has 4 N–H and O–H groups in total. The zero-order valence-corrected chi connectivity index (χ0v) is 15.0. The van der Waals surface area contributed by atoms with Crippen LogP contribution in [0, 0.1) is 0 Å². The minimum atomic E-state index is -4.89. The van der Waals surface area contributed by atoms with Crippen molar-refractivity contribution in [3.8, 4) is 11.5 Å². The highest BCUT2D eigenvalue weighted by Gasteiger charge is 2.32. The van der Waals surface area contributed by atoms with Gasteiger partial charge in [-0.1, -0.05) is 11.8 Å². The number of aromatic nitrogens is 4. The average molecular weight is 414 g/mol. The van der Waals surface area contributed by atoms with E-state index in [0.29, 0.717) is 16.2 Å². The molecule has 0 atom stereocenters.